The third-order valence-electron chi connectivity index (χ3n) is 2.52. The Morgan fingerprint density at radius 2 is 1.92 bits per heavy atom. The van der Waals surface area contributed by atoms with Gasteiger partial charge in [-0.2, -0.15) is 13.2 Å². The van der Waals surface area contributed by atoms with E-state index < -0.39 is 31.3 Å². The van der Waals surface area contributed by atoms with Gasteiger partial charge in [0, 0.05) is 0 Å². The average molecular weight is 344 g/mol. The van der Waals surface area contributed by atoms with Crippen molar-refractivity contribution in [2.24, 2.45) is 0 Å². The van der Waals surface area contributed by atoms with Gasteiger partial charge in [0.2, 0.25) is 0 Å². The number of carbonyl (C=O) groups excluding carboxylic acids is 2. The summed E-state index contributed by atoms with van der Waals surface area (Å²) in [5.74, 6) is -0.572. The molecule has 0 atom stereocenters. The summed E-state index contributed by atoms with van der Waals surface area (Å²) in [6.45, 7) is -2.07. The van der Waals surface area contributed by atoms with Crippen LogP contribution in [-0.2, 0) is 4.79 Å². The molecule has 0 aliphatic rings. The summed E-state index contributed by atoms with van der Waals surface area (Å²) in [6, 6.07) is 5.07. The number of nitrogens with zero attached hydrogens (tertiary/aromatic N) is 4. The van der Waals surface area contributed by atoms with Gasteiger partial charge in [-0.15, -0.1) is 5.10 Å². The van der Waals surface area contributed by atoms with Gasteiger partial charge in [-0.1, -0.05) is 0 Å². The summed E-state index contributed by atoms with van der Waals surface area (Å²) in [6.07, 6.45) is -3.17. The van der Waals surface area contributed by atoms with Crippen LogP contribution in [0.25, 0.3) is 5.69 Å². The van der Waals surface area contributed by atoms with Crippen LogP contribution in [0.4, 0.5) is 18.0 Å². The quantitative estimate of drug-likeness (QED) is 0.814. The number of halogens is 3. The Morgan fingerprint density at radius 3 is 2.50 bits per heavy atom. The second-order valence-corrected chi connectivity index (χ2v) is 4.38. The molecular weight excluding hydrogens is 333 g/mol. The van der Waals surface area contributed by atoms with Crippen LogP contribution < -0.4 is 15.4 Å². The van der Waals surface area contributed by atoms with Crippen LogP contribution in [0.2, 0.25) is 0 Å². The van der Waals surface area contributed by atoms with E-state index in [1.165, 1.54) is 28.5 Å². The van der Waals surface area contributed by atoms with Gasteiger partial charge in [0.25, 0.3) is 5.91 Å². The van der Waals surface area contributed by atoms with E-state index in [2.05, 4.69) is 15.5 Å². The summed E-state index contributed by atoms with van der Waals surface area (Å²) in [5.41, 5.74) is 0.656. The number of hydrogen-bond donors (Lipinski definition) is 2. The third kappa shape index (κ3) is 5.55. The molecule has 0 unspecified atom stereocenters. The molecule has 9 nitrogen and oxygen atoms in total. The summed E-state index contributed by atoms with van der Waals surface area (Å²) < 4.78 is 42.2. The van der Waals surface area contributed by atoms with Crippen LogP contribution in [0.15, 0.2) is 30.6 Å². The van der Waals surface area contributed by atoms with E-state index in [0.29, 0.717) is 11.4 Å². The summed E-state index contributed by atoms with van der Waals surface area (Å²) >= 11 is 0. The minimum absolute atomic E-state index is 0.317. The number of rotatable bonds is 5. The van der Waals surface area contributed by atoms with Gasteiger partial charge in [0.1, 0.15) is 18.6 Å². The Balaban J connectivity index is 1.76. The molecule has 0 aliphatic heterocycles. The van der Waals surface area contributed by atoms with Crippen molar-refractivity contribution >= 4 is 11.9 Å². The highest BCUT2D eigenvalue weighted by atomic mass is 19.4. The second-order valence-electron chi connectivity index (χ2n) is 4.38. The first-order valence-electron chi connectivity index (χ1n) is 6.44. The number of aromatic nitrogens is 4. The standard InChI is InChI=1S/C12H11F3N6O3/c13-12(14,15)6-16-11(23)18-10(22)5-24-9-3-1-8(2-4-9)21-7-17-19-20-21/h1-4,7H,5-6H2,(H2,16,18,22,23). The van der Waals surface area contributed by atoms with Crippen molar-refractivity contribution in [1.82, 2.24) is 30.8 Å². The zero-order valence-electron chi connectivity index (χ0n) is 11.9. The summed E-state index contributed by atoms with van der Waals surface area (Å²) in [4.78, 5) is 22.5. The lowest BCUT2D eigenvalue weighted by molar-refractivity contribution is -0.125. The molecule has 0 fully saturated rings. The van der Waals surface area contributed by atoms with Crippen molar-refractivity contribution in [3.63, 3.8) is 0 Å². The highest BCUT2D eigenvalue weighted by molar-refractivity contribution is 5.95. The van der Waals surface area contributed by atoms with Gasteiger partial charge in [0.05, 0.1) is 5.69 Å². The Bertz CT molecular complexity index is 687. The van der Waals surface area contributed by atoms with Crippen LogP contribution >= 0.6 is 0 Å². The van der Waals surface area contributed by atoms with Gasteiger partial charge in [-0.25, -0.2) is 9.48 Å². The second kappa shape index (κ2) is 7.39. The molecule has 2 N–H and O–H groups in total. The normalized spacial score (nSPS) is 11.0. The number of nitrogens with one attached hydrogen (secondary N) is 2. The van der Waals surface area contributed by atoms with E-state index in [9.17, 15) is 22.8 Å². The molecular formula is C12H11F3N6O3. The Kier molecular flexibility index (Phi) is 5.29. The number of imide groups is 1. The lowest BCUT2D eigenvalue weighted by Gasteiger charge is -2.10. The zero-order chi connectivity index (χ0) is 17.6. The van der Waals surface area contributed by atoms with E-state index in [1.54, 1.807) is 17.4 Å². The topological polar surface area (TPSA) is 111 Å². The van der Waals surface area contributed by atoms with Gasteiger partial charge in [-0.3, -0.25) is 10.1 Å². The monoisotopic (exact) mass is 344 g/mol. The minimum Gasteiger partial charge on any atom is -0.484 e. The molecule has 1 aromatic heterocycles. The number of alkyl halides is 3. The maximum atomic E-state index is 11.9. The molecule has 24 heavy (non-hydrogen) atoms. The van der Waals surface area contributed by atoms with Crippen LogP contribution in [0.1, 0.15) is 0 Å². The Labute approximate surface area is 132 Å². The number of tetrazole rings is 1. The van der Waals surface area contributed by atoms with Crippen molar-refractivity contribution in [2.75, 3.05) is 13.2 Å². The largest absolute Gasteiger partial charge is 0.484 e. The van der Waals surface area contributed by atoms with Crippen LogP contribution in [0, 0.1) is 0 Å². The Morgan fingerprint density at radius 1 is 1.21 bits per heavy atom. The molecule has 1 aromatic carbocycles. The molecule has 0 bridgehead atoms. The van der Waals surface area contributed by atoms with Crippen molar-refractivity contribution in [3.05, 3.63) is 30.6 Å². The van der Waals surface area contributed by atoms with E-state index in [1.807, 2.05) is 0 Å². The first-order chi connectivity index (χ1) is 11.3. The lowest BCUT2D eigenvalue weighted by atomic mass is 10.3. The number of carbonyl (C=O) groups is 2. The van der Waals surface area contributed by atoms with Crippen molar-refractivity contribution < 1.29 is 27.5 Å². The number of benzene rings is 1. The fourth-order valence-electron chi connectivity index (χ4n) is 1.51. The molecule has 0 aliphatic carbocycles. The average Bonchev–Trinajstić information content (AvgIpc) is 3.05. The number of amides is 3. The fourth-order valence-corrected chi connectivity index (χ4v) is 1.51. The maximum Gasteiger partial charge on any atom is 0.405 e. The van der Waals surface area contributed by atoms with E-state index in [0.717, 1.165) is 0 Å². The van der Waals surface area contributed by atoms with Crippen molar-refractivity contribution in [1.29, 1.82) is 0 Å². The third-order valence-corrected chi connectivity index (χ3v) is 2.52. The first-order valence-corrected chi connectivity index (χ1v) is 6.44. The smallest absolute Gasteiger partial charge is 0.405 e. The first kappa shape index (κ1) is 17.2. The molecule has 2 rings (SSSR count). The van der Waals surface area contributed by atoms with E-state index in [-0.39, 0.29) is 0 Å². The molecule has 0 saturated heterocycles. The maximum absolute atomic E-state index is 11.9. The molecule has 0 saturated carbocycles. The van der Waals surface area contributed by atoms with Crippen LogP contribution in [0.5, 0.6) is 5.75 Å². The lowest BCUT2D eigenvalue weighted by Crippen LogP contribution is -2.44. The van der Waals surface area contributed by atoms with E-state index in [4.69, 9.17) is 4.74 Å². The number of hydrogen-bond acceptors (Lipinski definition) is 6. The highest BCUT2D eigenvalue weighted by Crippen LogP contribution is 2.14. The van der Waals surface area contributed by atoms with Crippen molar-refractivity contribution in [3.8, 4) is 11.4 Å². The van der Waals surface area contributed by atoms with Crippen molar-refractivity contribution in [2.45, 2.75) is 6.18 Å². The molecule has 3 amide bonds. The molecule has 0 radical (unpaired) electrons. The summed E-state index contributed by atoms with van der Waals surface area (Å²) in [7, 11) is 0. The SMILES string of the molecule is O=C(COc1ccc(-n2cnnn2)cc1)NC(=O)NCC(F)(F)F. The van der Waals surface area contributed by atoms with Gasteiger partial charge < -0.3 is 10.1 Å². The fraction of sp³-hybridized carbons (Fsp3) is 0.250. The predicted molar refractivity (Wildman–Crippen MR) is 72.2 cm³/mol. The number of urea groups is 1. The Hall–Kier alpha value is -3.18. The number of ether oxygens (including phenoxy) is 1. The van der Waals surface area contributed by atoms with Gasteiger partial charge in [-0.05, 0) is 34.7 Å². The molecule has 12 heteroatoms. The van der Waals surface area contributed by atoms with E-state index >= 15 is 0 Å². The van der Waals surface area contributed by atoms with Crippen LogP contribution in [0.3, 0.4) is 0 Å². The molecule has 128 valence electrons. The molecule has 2 aromatic rings. The molecule has 0 spiro atoms. The van der Waals surface area contributed by atoms with Gasteiger partial charge >= 0.3 is 12.2 Å². The zero-order valence-corrected chi connectivity index (χ0v) is 11.9. The minimum atomic E-state index is -4.56. The predicted octanol–water partition coefficient (Wildman–Crippen LogP) is 0.429. The highest BCUT2D eigenvalue weighted by Gasteiger charge is 2.27. The molecule has 1 heterocycles. The van der Waals surface area contributed by atoms with Crippen LogP contribution in [-0.4, -0.2) is 51.5 Å². The van der Waals surface area contributed by atoms with Gasteiger partial charge in [0.15, 0.2) is 6.61 Å². The summed E-state index contributed by atoms with van der Waals surface area (Å²) in [5, 5.41) is 13.9.